The van der Waals surface area contributed by atoms with E-state index in [0.29, 0.717) is 19.4 Å². The Balaban J connectivity index is 1.78. The fourth-order valence-electron chi connectivity index (χ4n) is 2.82. The second kappa shape index (κ2) is 6.78. The van der Waals surface area contributed by atoms with Crippen LogP contribution in [0.4, 0.5) is 14.5 Å². The Bertz CT molecular complexity index is 745. The van der Waals surface area contributed by atoms with Gasteiger partial charge in [-0.3, -0.25) is 9.59 Å². The second-order valence-corrected chi connectivity index (χ2v) is 5.59. The Kier molecular flexibility index (Phi) is 4.55. The van der Waals surface area contributed by atoms with Crippen molar-refractivity contribution in [2.45, 2.75) is 18.9 Å². The van der Waals surface area contributed by atoms with Crippen LogP contribution >= 0.6 is 0 Å². The Morgan fingerprint density at radius 2 is 1.71 bits per heavy atom. The van der Waals surface area contributed by atoms with Crippen molar-refractivity contribution < 1.29 is 18.4 Å². The number of nitrogens with zero attached hydrogens (tertiary/aromatic N) is 1. The molecule has 1 atom stereocenters. The zero-order valence-corrected chi connectivity index (χ0v) is 12.8. The SMILES string of the molecule is O=C(N[C@@H]1CCCN(c2ccccc2)C1=O)c1c(F)cccc1F. The van der Waals surface area contributed by atoms with Crippen molar-refractivity contribution in [2.75, 3.05) is 11.4 Å². The van der Waals surface area contributed by atoms with E-state index >= 15 is 0 Å². The Labute approximate surface area is 138 Å². The van der Waals surface area contributed by atoms with Crippen LogP contribution < -0.4 is 10.2 Å². The Morgan fingerprint density at radius 3 is 2.38 bits per heavy atom. The maximum atomic E-state index is 13.7. The number of halogens is 2. The normalized spacial score (nSPS) is 17.7. The number of hydrogen-bond donors (Lipinski definition) is 1. The minimum Gasteiger partial charge on any atom is -0.340 e. The van der Waals surface area contributed by atoms with Crippen LogP contribution in [0.5, 0.6) is 0 Å². The molecule has 2 amide bonds. The lowest BCUT2D eigenvalue weighted by atomic mass is 10.0. The van der Waals surface area contributed by atoms with Gasteiger partial charge in [0.15, 0.2) is 0 Å². The fourth-order valence-corrected chi connectivity index (χ4v) is 2.82. The molecule has 1 aliphatic heterocycles. The highest BCUT2D eigenvalue weighted by atomic mass is 19.1. The first-order chi connectivity index (χ1) is 11.6. The van der Waals surface area contributed by atoms with Crippen molar-refractivity contribution in [2.24, 2.45) is 0 Å². The number of hydrogen-bond acceptors (Lipinski definition) is 2. The number of benzene rings is 2. The summed E-state index contributed by atoms with van der Waals surface area (Å²) in [7, 11) is 0. The number of piperidine rings is 1. The van der Waals surface area contributed by atoms with Gasteiger partial charge in [0.2, 0.25) is 5.91 Å². The van der Waals surface area contributed by atoms with Gasteiger partial charge >= 0.3 is 0 Å². The van der Waals surface area contributed by atoms with Crippen LogP contribution in [0.3, 0.4) is 0 Å². The van der Waals surface area contributed by atoms with E-state index in [1.807, 2.05) is 18.2 Å². The van der Waals surface area contributed by atoms with E-state index in [0.717, 1.165) is 17.8 Å². The molecule has 0 aromatic heterocycles. The number of carbonyl (C=O) groups excluding carboxylic acids is 2. The third-order valence-corrected chi connectivity index (χ3v) is 4.00. The number of carbonyl (C=O) groups is 2. The third kappa shape index (κ3) is 3.13. The van der Waals surface area contributed by atoms with Crippen LogP contribution in [-0.2, 0) is 4.79 Å². The average molecular weight is 330 g/mol. The molecule has 3 rings (SSSR count). The predicted octanol–water partition coefficient (Wildman–Crippen LogP) is 2.89. The fraction of sp³-hybridized carbons (Fsp3) is 0.222. The molecule has 0 bridgehead atoms. The molecule has 0 aliphatic carbocycles. The molecule has 1 heterocycles. The first kappa shape index (κ1) is 16.1. The van der Waals surface area contributed by atoms with Crippen LogP contribution in [0, 0.1) is 11.6 Å². The van der Waals surface area contributed by atoms with Gasteiger partial charge in [0, 0.05) is 12.2 Å². The zero-order valence-electron chi connectivity index (χ0n) is 12.8. The van der Waals surface area contributed by atoms with Crippen LogP contribution in [0.1, 0.15) is 23.2 Å². The number of amides is 2. The molecule has 4 nitrogen and oxygen atoms in total. The zero-order chi connectivity index (χ0) is 17.1. The minimum absolute atomic E-state index is 0.280. The van der Waals surface area contributed by atoms with Crippen LogP contribution in [0.15, 0.2) is 48.5 Å². The molecule has 1 aliphatic rings. The molecular formula is C18H16F2N2O2. The number of anilines is 1. The van der Waals surface area contributed by atoms with Gasteiger partial charge in [0.25, 0.3) is 5.91 Å². The van der Waals surface area contributed by atoms with Crippen LogP contribution in [-0.4, -0.2) is 24.4 Å². The van der Waals surface area contributed by atoms with E-state index in [-0.39, 0.29) is 5.91 Å². The lowest BCUT2D eigenvalue weighted by Gasteiger charge is -2.32. The molecule has 2 aromatic carbocycles. The molecule has 1 saturated heterocycles. The lowest BCUT2D eigenvalue weighted by molar-refractivity contribution is -0.121. The topological polar surface area (TPSA) is 49.4 Å². The number of para-hydroxylation sites is 1. The summed E-state index contributed by atoms with van der Waals surface area (Å²) in [5.41, 5.74) is 0.0701. The molecule has 0 saturated carbocycles. The molecule has 0 unspecified atom stereocenters. The van der Waals surface area contributed by atoms with E-state index in [2.05, 4.69) is 5.32 Å². The van der Waals surface area contributed by atoms with Gasteiger partial charge in [-0.25, -0.2) is 8.78 Å². The highest BCUT2D eigenvalue weighted by molar-refractivity contribution is 6.03. The summed E-state index contributed by atoms with van der Waals surface area (Å²) < 4.78 is 27.4. The summed E-state index contributed by atoms with van der Waals surface area (Å²) in [6.45, 7) is 0.545. The van der Waals surface area contributed by atoms with Gasteiger partial charge in [0.05, 0.1) is 0 Å². The predicted molar refractivity (Wildman–Crippen MR) is 85.6 cm³/mol. The Hall–Kier alpha value is -2.76. The maximum Gasteiger partial charge on any atom is 0.257 e. The van der Waals surface area contributed by atoms with E-state index in [1.165, 1.54) is 6.07 Å². The third-order valence-electron chi connectivity index (χ3n) is 4.00. The number of rotatable bonds is 3. The van der Waals surface area contributed by atoms with E-state index < -0.39 is 29.1 Å². The van der Waals surface area contributed by atoms with Crippen molar-refractivity contribution >= 4 is 17.5 Å². The molecule has 0 spiro atoms. The molecule has 1 N–H and O–H groups in total. The largest absolute Gasteiger partial charge is 0.340 e. The van der Waals surface area contributed by atoms with Crippen LogP contribution in [0.2, 0.25) is 0 Å². The quantitative estimate of drug-likeness (QED) is 0.941. The van der Waals surface area contributed by atoms with Gasteiger partial charge < -0.3 is 10.2 Å². The minimum atomic E-state index is -0.948. The average Bonchev–Trinajstić information content (AvgIpc) is 2.57. The Morgan fingerprint density at radius 1 is 1.04 bits per heavy atom. The standard InChI is InChI=1S/C18H16F2N2O2/c19-13-8-4-9-14(20)16(13)17(23)21-15-10-5-11-22(18(15)24)12-6-2-1-3-7-12/h1-4,6-9,15H,5,10-11H2,(H,21,23)/t15-/m1/s1. The molecule has 1 fully saturated rings. The summed E-state index contributed by atoms with van der Waals surface area (Å²) in [4.78, 5) is 26.3. The lowest BCUT2D eigenvalue weighted by Crippen LogP contribution is -2.52. The van der Waals surface area contributed by atoms with Crippen molar-refractivity contribution in [1.29, 1.82) is 0 Å². The van der Waals surface area contributed by atoms with Crippen molar-refractivity contribution in [3.8, 4) is 0 Å². The maximum absolute atomic E-state index is 13.7. The van der Waals surface area contributed by atoms with E-state index in [9.17, 15) is 18.4 Å². The molecule has 124 valence electrons. The van der Waals surface area contributed by atoms with E-state index in [4.69, 9.17) is 0 Å². The van der Waals surface area contributed by atoms with Crippen LogP contribution in [0.25, 0.3) is 0 Å². The highest BCUT2D eigenvalue weighted by Gasteiger charge is 2.32. The van der Waals surface area contributed by atoms with Gasteiger partial charge in [-0.15, -0.1) is 0 Å². The summed E-state index contributed by atoms with van der Waals surface area (Å²) in [5, 5.41) is 2.46. The summed E-state index contributed by atoms with van der Waals surface area (Å²) in [6.07, 6.45) is 1.12. The van der Waals surface area contributed by atoms with Crippen molar-refractivity contribution in [1.82, 2.24) is 5.32 Å². The molecule has 24 heavy (non-hydrogen) atoms. The first-order valence-corrected chi connectivity index (χ1v) is 7.69. The second-order valence-electron chi connectivity index (χ2n) is 5.59. The summed E-state index contributed by atoms with van der Waals surface area (Å²) in [6, 6.07) is 11.5. The van der Waals surface area contributed by atoms with Crippen molar-refractivity contribution in [3.63, 3.8) is 0 Å². The molecule has 0 radical (unpaired) electrons. The number of nitrogens with one attached hydrogen (secondary N) is 1. The first-order valence-electron chi connectivity index (χ1n) is 7.69. The smallest absolute Gasteiger partial charge is 0.257 e. The van der Waals surface area contributed by atoms with Crippen molar-refractivity contribution in [3.05, 3.63) is 65.7 Å². The van der Waals surface area contributed by atoms with Gasteiger partial charge in [0.1, 0.15) is 23.2 Å². The van der Waals surface area contributed by atoms with Gasteiger partial charge in [-0.1, -0.05) is 24.3 Å². The molecule has 2 aromatic rings. The monoisotopic (exact) mass is 330 g/mol. The van der Waals surface area contributed by atoms with E-state index in [1.54, 1.807) is 17.0 Å². The van der Waals surface area contributed by atoms with Gasteiger partial charge in [-0.2, -0.15) is 0 Å². The molecular weight excluding hydrogens is 314 g/mol. The summed E-state index contributed by atoms with van der Waals surface area (Å²) in [5.74, 6) is -3.09. The van der Waals surface area contributed by atoms with Gasteiger partial charge in [-0.05, 0) is 37.1 Å². The highest BCUT2D eigenvalue weighted by Crippen LogP contribution is 2.21. The molecule has 6 heteroatoms. The summed E-state index contributed by atoms with van der Waals surface area (Å²) >= 11 is 0.